The van der Waals surface area contributed by atoms with E-state index < -0.39 is 23.7 Å². The van der Waals surface area contributed by atoms with Crippen molar-refractivity contribution in [3.63, 3.8) is 0 Å². The summed E-state index contributed by atoms with van der Waals surface area (Å²) in [6.45, 7) is 1.45. The van der Waals surface area contributed by atoms with E-state index in [4.69, 9.17) is 13.9 Å². The molecule has 1 unspecified atom stereocenters. The first-order chi connectivity index (χ1) is 13.5. The highest BCUT2D eigenvalue weighted by Gasteiger charge is 2.18. The van der Waals surface area contributed by atoms with Crippen LogP contribution in [-0.4, -0.2) is 25.0 Å². The molecule has 2 amide bonds. The van der Waals surface area contributed by atoms with Crippen LogP contribution in [0.4, 0.5) is 4.39 Å². The second-order valence-electron chi connectivity index (χ2n) is 6.03. The van der Waals surface area contributed by atoms with Crippen LogP contribution in [0.3, 0.4) is 0 Å². The third-order valence-electron chi connectivity index (χ3n) is 4.05. The number of nitrogens with one attached hydrogen (secondary N) is 2. The van der Waals surface area contributed by atoms with Gasteiger partial charge in [-0.15, -0.1) is 0 Å². The molecular formula is C20H19FN2O5. The van der Waals surface area contributed by atoms with Gasteiger partial charge in [-0.05, 0) is 31.2 Å². The van der Waals surface area contributed by atoms with Crippen LogP contribution in [0, 0.1) is 5.82 Å². The minimum absolute atomic E-state index is 0.00214. The van der Waals surface area contributed by atoms with E-state index in [1.165, 1.54) is 31.4 Å². The van der Waals surface area contributed by atoms with Gasteiger partial charge in [-0.3, -0.25) is 20.4 Å². The van der Waals surface area contributed by atoms with Gasteiger partial charge in [-0.2, -0.15) is 0 Å². The minimum atomic E-state index is -1.00. The second-order valence-corrected chi connectivity index (χ2v) is 6.03. The van der Waals surface area contributed by atoms with Crippen molar-refractivity contribution in [3.8, 4) is 11.5 Å². The molecule has 0 saturated carbocycles. The Kier molecular flexibility index (Phi) is 5.78. The van der Waals surface area contributed by atoms with Gasteiger partial charge in [0, 0.05) is 17.0 Å². The maximum absolute atomic E-state index is 13.6. The lowest BCUT2D eigenvalue weighted by atomic mass is 10.1. The van der Waals surface area contributed by atoms with Gasteiger partial charge in [0.05, 0.1) is 19.8 Å². The predicted octanol–water partition coefficient (Wildman–Crippen LogP) is 2.74. The van der Waals surface area contributed by atoms with E-state index in [1.807, 2.05) is 0 Å². The lowest BCUT2D eigenvalue weighted by molar-refractivity contribution is -0.132. The number of rotatable bonds is 6. The molecule has 7 nitrogen and oxygen atoms in total. The summed E-state index contributed by atoms with van der Waals surface area (Å²) < 4.78 is 29.4. The van der Waals surface area contributed by atoms with E-state index in [9.17, 15) is 14.0 Å². The largest absolute Gasteiger partial charge is 0.497 e. The number of methoxy groups -OCH3 is 1. The predicted molar refractivity (Wildman–Crippen MR) is 99.2 cm³/mol. The standard InChI is InChI=1S/C20H19FN2O5/c1-12(28-17-6-4-3-5-16(17)21)20(25)23-22-19(24)9-13-11-27-18-10-14(26-2)7-8-15(13)18/h3-8,10-12H,9H2,1-2H3,(H,22,24)(H,23,25). The summed E-state index contributed by atoms with van der Waals surface area (Å²) in [5.41, 5.74) is 5.84. The molecule has 2 N–H and O–H groups in total. The molecule has 0 fully saturated rings. The van der Waals surface area contributed by atoms with Crippen LogP contribution >= 0.6 is 0 Å². The van der Waals surface area contributed by atoms with Gasteiger partial charge in [0.2, 0.25) is 5.91 Å². The fourth-order valence-electron chi connectivity index (χ4n) is 2.56. The number of furan rings is 1. The van der Waals surface area contributed by atoms with Crippen LogP contribution < -0.4 is 20.3 Å². The minimum Gasteiger partial charge on any atom is -0.497 e. The maximum Gasteiger partial charge on any atom is 0.279 e. The molecule has 3 rings (SSSR count). The lowest BCUT2D eigenvalue weighted by Gasteiger charge is -2.15. The van der Waals surface area contributed by atoms with E-state index in [2.05, 4.69) is 10.9 Å². The van der Waals surface area contributed by atoms with Gasteiger partial charge in [0.25, 0.3) is 5.91 Å². The first-order valence-electron chi connectivity index (χ1n) is 8.52. The average molecular weight is 386 g/mol. The molecule has 1 heterocycles. The Morgan fingerprint density at radius 1 is 1.18 bits per heavy atom. The molecule has 0 aliphatic rings. The number of para-hydroxylation sites is 1. The van der Waals surface area contributed by atoms with Crippen molar-refractivity contribution in [2.45, 2.75) is 19.4 Å². The highest BCUT2D eigenvalue weighted by Crippen LogP contribution is 2.25. The molecule has 0 saturated heterocycles. The summed E-state index contributed by atoms with van der Waals surface area (Å²) in [7, 11) is 1.55. The molecule has 146 valence electrons. The van der Waals surface area contributed by atoms with Crippen molar-refractivity contribution in [2.75, 3.05) is 7.11 Å². The number of benzene rings is 2. The maximum atomic E-state index is 13.6. The molecule has 2 aromatic carbocycles. The van der Waals surface area contributed by atoms with Crippen LogP contribution in [-0.2, 0) is 16.0 Å². The number of amides is 2. The zero-order valence-corrected chi connectivity index (χ0v) is 15.3. The molecule has 0 aliphatic carbocycles. The van der Waals surface area contributed by atoms with Crippen LogP contribution in [0.2, 0.25) is 0 Å². The molecule has 3 aromatic rings. The van der Waals surface area contributed by atoms with Crippen molar-refractivity contribution in [1.29, 1.82) is 0 Å². The molecule has 0 spiro atoms. The van der Waals surface area contributed by atoms with E-state index in [1.54, 1.807) is 31.4 Å². The van der Waals surface area contributed by atoms with Crippen molar-refractivity contribution in [2.24, 2.45) is 0 Å². The van der Waals surface area contributed by atoms with Gasteiger partial charge in [0.1, 0.15) is 11.3 Å². The average Bonchev–Trinajstić information content (AvgIpc) is 3.09. The zero-order chi connectivity index (χ0) is 20.1. The Bertz CT molecular complexity index is 1000. The summed E-state index contributed by atoms with van der Waals surface area (Å²) in [5.74, 6) is -1.02. The normalized spacial score (nSPS) is 11.7. The highest BCUT2D eigenvalue weighted by molar-refractivity contribution is 5.89. The molecular weight excluding hydrogens is 367 g/mol. The Labute approximate surface area is 160 Å². The molecule has 0 bridgehead atoms. The number of halogens is 1. The van der Waals surface area contributed by atoms with E-state index >= 15 is 0 Å². The Hall–Kier alpha value is -3.55. The van der Waals surface area contributed by atoms with Crippen molar-refractivity contribution in [3.05, 3.63) is 60.1 Å². The molecule has 0 radical (unpaired) electrons. The molecule has 1 atom stereocenters. The summed E-state index contributed by atoms with van der Waals surface area (Å²) in [6, 6.07) is 11.0. The fourth-order valence-corrected chi connectivity index (χ4v) is 2.56. The van der Waals surface area contributed by atoms with E-state index in [-0.39, 0.29) is 12.2 Å². The SMILES string of the molecule is COc1ccc2c(CC(=O)NNC(=O)C(C)Oc3ccccc3F)coc2c1. The number of hydrazine groups is 1. The van der Waals surface area contributed by atoms with Crippen LogP contribution in [0.5, 0.6) is 11.5 Å². The molecule has 0 aliphatic heterocycles. The molecule has 1 aromatic heterocycles. The first kappa shape index (κ1) is 19.2. The second kappa shape index (κ2) is 8.43. The van der Waals surface area contributed by atoms with E-state index in [0.29, 0.717) is 16.9 Å². The van der Waals surface area contributed by atoms with Crippen molar-refractivity contribution < 1.29 is 27.9 Å². The van der Waals surface area contributed by atoms with Gasteiger partial charge >= 0.3 is 0 Å². The topological polar surface area (TPSA) is 89.8 Å². The highest BCUT2D eigenvalue weighted by atomic mass is 19.1. The van der Waals surface area contributed by atoms with Crippen molar-refractivity contribution >= 4 is 22.8 Å². The van der Waals surface area contributed by atoms with Crippen LogP contribution in [0.1, 0.15) is 12.5 Å². The number of carbonyl (C=O) groups excluding carboxylic acids is 2. The summed E-state index contributed by atoms with van der Waals surface area (Å²) in [5, 5.41) is 0.776. The Morgan fingerprint density at radius 2 is 1.96 bits per heavy atom. The first-order valence-corrected chi connectivity index (χ1v) is 8.52. The number of fused-ring (bicyclic) bond motifs is 1. The fraction of sp³-hybridized carbons (Fsp3) is 0.200. The van der Waals surface area contributed by atoms with Gasteiger partial charge in [-0.1, -0.05) is 12.1 Å². The number of carbonyl (C=O) groups is 2. The molecule has 8 heteroatoms. The van der Waals surface area contributed by atoms with Gasteiger partial charge in [0.15, 0.2) is 17.7 Å². The zero-order valence-electron chi connectivity index (χ0n) is 15.3. The smallest absolute Gasteiger partial charge is 0.279 e. The van der Waals surface area contributed by atoms with E-state index in [0.717, 1.165) is 5.39 Å². The van der Waals surface area contributed by atoms with Gasteiger partial charge in [-0.25, -0.2) is 4.39 Å². The Morgan fingerprint density at radius 3 is 2.71 bits per heavy atom. The summed E-state index contributed by atoms with van der Waals surface area (Å²) in [6.07, 6.45) is 0.483. The third kappa shape index (κ3) is 4.40. The Balaban J connectivity index is 1.54. The third-order valence-corrected chi connectivity index (χ3v) is 4.05. The molecule has 28 heavy (non-hydrogen) atoms. The summed E-state index contributed by atoms with van der Waals surface area (Å²) >= 11 is 0. The lowest BCUT2D eigenvalue weighted by Crippen LogP contribution is -2.47. The number of ether oxygens (including phenoxy) is 2. The number of hydrogen-bond acceptors (Lipinski definition) is 5. The number of hydrogen-bond donors (Lipinski definition) is 2. The van der Waals surface area contributed by atoms with Crippen molar-refractivity contribution in [1.82, 2.24) is 10.9 Å². The summed E-state index contributed by atoms with van der Waals surface area (Å²) in [4.78, 5) is 24.2. The van der Waals surface area contributed by atoms with Crippen LogP contribution in [0.15, 0.2) is 53.1 Å². The van der Waals surface area contributed by atoms with Crippen LogP contribution in [0.25, 0.3) is 11.0 Å². The quantitative estimate of drug-likeness (QED) is 0.636. The van der Waals surface area contributed by atoms with Gasteiger partial charge < -0.3 is 13.9 Å². The monoisotopic (exact) mass is 386 g/mol.